The summed E-state index contributed by atoms with van der Waals surface area (Å²) in [5.41, 5.74) is 0.195. The van der Waals surface area contributed by atoms with E-state index >= 15 is 0 Å². The summed E-state index contributed by atoms with van der Waals surface area (Å²) in [5.74, 6) is -1.37. The summed E-state index contributed by atoms with van der Waals surface area (Å²) in [4.78, 5) is 24.1. The first-order valence-corrected chi connectivity index (χ1v) is 7.19. The average molecular weight is 330 g/mol. The molecule has 8 heteroatoms. The zero-order valence-electron chi connectivity index (χ0n) is 12.3. The van der Waals surface area contributed by atoms with Crippen LogP contribution in [-0.2, 0) is 9.53 Å². The van der Waals surface area contributed by atoms with Gasteiger partial charge in [-0.05, 0) is 25.0 Å². The number of alkyl halides is 3. The smallest absolute Gasteiger partial charge is 0.381 e. The van der Waals surface area contributed by atoms with Crippen molar-refractivity contribution in [1.29, 1.82) is 0 Å². The van der Waals surface area contributed by atoms with Gasteiger partial charge in [0.25, 0.3) is 5.91 Å². The Bertz CT molecular complexity index is 569. The summed E-state index contributed by atoms with van der Waals surface area (Å²) in [6, 6.07) is 5.97. The van der Waals surface area contributed by atoms with E-state index in [4.69, 9.17) is 4.74 Å². The van der Waals surface area contributed by atoms with Crippen LogP contribution in [0.1, 0.15) is 23.2 Å². The number of halogens is 3. The SMILES string of the molecule is O=C(NCC(F)(F)F)c1ccccc1NC(=O)C1CCOCC1. The fraction of sp³-hybridized carbons (Fsp3) is 0.467. The summed E-state index contributed by atoms with van der Waals surface area (Å²) in [6.07, 6.45) is -3.33. The Kier molecular flexibility index (Phi) is 5.59. The topological polar surface area (TPSA) is 67.4 Å². The molecule has 0 aliphatic carbocycles. The first-order valence-electron chi connectivity index (χ1n) is 7.19. The van der Waals surface area contributed by atoms with E-state index in [0.29, 0.717) is 26.1 Å². The second kappa shape index (κ2) is 7.45. The van der Waals surface area contributed by atoms with Crippen LogP contribution in [0.25, 0.3) is 0 Å². The number of hydrogen-bond donors (Lipinski definition) is 2. The number of amides is 2. The normalized spacial score (nSPS) is 16.0. The van der Waals surface area contributed by atoms with Crippen LogP contribution < -0.4 is 10.6 Å². The van der Waals surface area contributed by atoms with Crippen molar-refractivity contribution in [3.05, 3.63) is 29.8 Å². The van der Waals surface area contributed by atoms with Crippen molar-refractivity contribution in [3.8, 4) is 0 Å². The maximum absolute atomic E-state index is 12.2. The van der Waals surface area contributed by atoms with Gasteiger partial charge in [-0.2, -0.15) is 13.2 Å². The number of ether oxygens (including phenoxy) is 1. The predicted octanol–water partition coefficient (Wildman–Crippen LogP) is 2.34. The van der Waals surface area contributed by atoms with Crippen LogP contribution >= 0.6 is 0 Å². The van der Waals surface area contributed by atoms with Crippen LogP contribution in [0.5, 0.6) is 0 Å². The highest BCUT2D eigenvalue weighted by Gasteiger charge is 2.28. The van der Waals surface area contributed by atoms with Gasteiger partial charge >= 0.3 is 6.18 Å². The van der Waals surface area contributed by atoms with Crippen molar-refractivity contribution >= 4 is 17.5 Å². The minimum absolute atomic E-state index is 0.00263. The van der Waals surface area contributed by atoms with Crippen molar-refractivity contribution in [3.63, 3.8) is 0 Å². The molecule has 126 valence electrons. The first kappa shape index (κ1) is 17.3. The average Bonchev–Trinajstić information content (AvgIpc) is 2.53. The van der Waals surface area contributed by atoms with Crippen LogP contribution in [0, 0.1) is 5.92 Å². The molecule has 0 saturated carbocycles. The van der Waals surface area contributed by atoms with E-state index in [9.17, 15) is 22.8 Å². The number of rotatable bonds is 4. The lowest BCUT2D eigenvalue weighted by atomic mass is 9.99. The summed E-state index contributed by atoms with van der Waals surface area (Å²) < 4.78 is 41.7. The van der Waals surface area contributed by atoms with E-state index in [2.05, 4.69) is 5.32 Å². The molecule has 0 atom stereocenters. The van der Waals surface area contributed by atoms with Gasteiger partial charge in [0.15, 0.2) is 0 Å². The largest absolute Gasteiger partial charge is 0.405 e. The van der Waals surface area contributed by atoms with Gasteiger partial charge in [0.2, 0.25) is 5.91 Å². The molecule has 1 fully saturated rings. The zero-order chi connectivity index (χ0) is 16.9. The molecule has 2 amide bonds. The van der Waals surface area contributed by atoms with Crippen LogP contribution in [0.3, 0.4) is 0 Å². The highest BCUT2D eigenvalue weighted by Crippen LogP contribution is 2.21. The minimum Gasteiger partial charge on any atom is -0.381 e. The van der Waals surface area contributed by atoms with Crippen molar-refractivity contribution in [2.24, 2.45) is 5.92 Å². The molecule has 0 bridgehead atoms. The second-order valence-electron chi connectivity index (χ2n) is 5.22. The zero-order valence-corrected chi connectivity index (χ0v) is 12.3. The fourth-order valence-electron chi connectivity index (χ4n) is 2.26. The lowest BCUT2D eigenvalue weighted by molar-refractivity contribution is -0.123. The lowest BCUT2D eigenvalue weighted by Gasteiger charge is -2.22. The molecule has 2 rings (SSSR count). The van der Waals surface area contributed by atoms with Gasteiger partial charge in [0.05, 0.1) is 11.3 Å². The van der Waals surface area contributed by atoms with Crippen molar-refractivity contribution < 1.29 is 27.5 Å². The van der Waals surface area contributed by atoms with E-state index in [1.54, 1.807) is 11.4 Å². The van der Waals surface area contributed by atoms with Gasteiger partial charge in [-0.1, -0.05) is 12.1 Å². The Morgan fingerprint density at radius 2 is 1.83 bits per heavy atom. The molecule has 0 radical (unpaired) electrons. The summed E-state index contributed by atoms with van der Waals surface area (Å²) in [7, 11) is 0. The van der Waals surface area contributed by atoms with Crippen molar-refractivity contribution in [2.45, 2.75) is 19.0 Å². The Labute approximate surface area is 131 Å². The monoisotopic (exact) mass is 330 g/mol. The van der Waals surface area contributed by atoms with Crippen molar-refractivity contribution in [1.82, 2.24) is 5.32 Å². The lowest BCUT2D eigenvalue weighted by Crippen LogP contribution is -2.34. The van der Waals surface area contributed by atoms with E-state index < -0.39 is 18.6 Å². The third-order valence-electron chi connectivity index (χ3n) is 3.47. The van der Waals surface area contributed by atoms with Gasteiger partial charge in [0, 0.05) is 19.1 Å². The molecule has 1 saturated heterocycles. The van der Waals surface area contributed by atoms with Crippen LogP contribution in [0.2, 0.25) is 0 Å². The molecule has 23 heavy (non-hydrogen) atoms. The Hall–Kier alpha value is -2.09. The molecular formula is C15H17F3N2O3. The number of nitrogens with one attached hydrogen (secondary N) is 2. The number of hydrogen-bond acceptors (Lipinski definition) is 3. The number of anilines is 1. The number of para-hydroxylation sites is 1. The highest BCUT2D eigenvalue weighted by atomic mass is 19.4. The van der Waals surface area contributed by atoms with Gasteiger partial charge in [-0.15, -0.1) is 0 Å². The molecule has 2 N–H and O–H groups in total. The highest BCUT2D eigenvalue weighted by molar-refractivity contribution is 6.04. The van der Waals surface area contributed by atoms with Crippen LogP contribution in [-0.4, -0.2) is 37.7 Å². The van der Waals surface area contributed by atoms with Gasteiger partial charge in [-0.25, -0.2) is 0 Å². The summed E-state index contributed by atoms with van der Waals surface area (Å²) >= 11 is 0. The maximum atomic E-state index is 12.2. The van der Waals surface area contributed by atoms with Gasteiger partial charge in [0.1, 0.15) is 6.54 Å². The number of carbonyl (C=O) groups excluding carboxylic acids is 2. The van der Waals surface area contributed by atoms with Gasteiger partial charge in [-0.3, -0.25) is 9.59 Å². The molecule has 0 unspecified atom stereocenters. The van der Waals surface area contributed by atoms with Gasteiger partial charge < -0.3 is 15.4 Å². The molecule has 0 spiro atoms. The Balaban J connectivity index is 2.04. The minimum atomic E-state index is -4.49. The van der Waals surface area contributed by atoms with E-state index in [0.717, 1.165) is 0 Å². The van der Waals surface area contributed by atoms with Crippen LogP contribution in [0.15, 0.2) is 24.3 Å². The maximum Gasteiger partial charge on any atom is 0.405 e. The number of carbonyl (C=O) groups is 2. The Morgan fingerprint density at radius 3 is 2.48 bits per heavy atom. The van der Waals surface area contributed by atoms with E-state index in [1.165, 1.54) is 18.2 Å². The fourth-order valence-corrected chi connectivity index (χ4v) is 2.26. The van der Waals surface area contributed by atoms with E-state index in [1.807, 2.05) is 0 Å². The molecule has 1 aliphatic heterocycles. The predicted molar refractivity (Wildman–Crippen MR) is 77.0 cm³/mol. The molecule has 1 heterocycles. The standard InChI is InChI=1S/C15H17F3N2O3/c16-15(17,18)9-19-14(22)11-3-1-2-4-12(11)20-13(21)10-5-7-23-8-6-10/h1-4,10H,5-9H2,(H,19,22)(H,20,21). The Morgan fingerprint density at radius 1 is 1.17 bits per heavy atom. The molecule has 1 aromatic carbocycles. The molecule has 0 aromatic heterocycles. The third-order valence-corrected chi connectivity index (χ3v) is 3.47. The molecule has 1 aromatic rings. The summed E-state index contributed by atoms with van der Waals surface area (Å²) in [5, 5.41) is 4.42. The number of benzene rings is 1. The van der Waals surface area contributed by atoms with Crippen LogP contribution in [0.4, 0.5) is 18.9 Å². The van der Waals surface area contributed by atoms with Crippen molar-refractivity contribution in [2.75, 3.05) is 25.1 Å². The summed E-state index contributed by atoms with van der Waals surface area (Å²) in [6.45, 7) is -0.439. The molecule has 1 aliphatic rings. The first-order chi connectivity index (χ1) is 10.9. The third kappa shape index (κ3) is 5.24. The quantitative estimate of drug-likeness (QED) is 0.890. The van der Waals surface area contributed by atoms with E-state index in [-0.39, 0.29) is 23.1 Å². The molecule has 5 nitrogen and oxygen atoms in total. The second-order valence-corrected chi connectivity index (χ2v) is 5.22. The molecular weight excluding hydrogens is 313 g/mol.